The van der Waals surface area contributed by atoms with Crippen molar-refractivity contribution in [1.82, 2.24) is 4.72 Å². The molecule has 0 saturated carbocycles. The number of thiocarbonyl (C=S) groups is 1. The van der Waals surface area contributed by atoms with Crippen LogP contribution in [0, 0.1) is 0 Å². The van der Waals surface area contributed by atoms with Crippen LogP contribution in [0.25, 0.3) is 0 Å². The number of nitrogens with one attached hydrogen (secondary N) is 1. The van der Waals surface area contributed by atoms with Crippen molar-refractivity contribution < 1.29 is 13.2 Å². The molecule has 1 aliphatic rings. The van der Waals surface area contributed by atoms with Gasteiger partial charge in [0.15, 0.2) is 0 Å². The quantitative estimate of drug-likeness (QED) is 0.811. The molecule has 0 amide bonds. The molecule has 116 valence electrons. The summed E-state index contributed by atoms with van der Waals surface area (Å²) in [5.41, 5.74) is 6.04. The number of hydrogen-bond donors (Lipinski definition) is 2. The maximum absolute atomic E-state index is 12.4. The lowest BCUT2D eigenvalue weighted by atomic mass is 10.1. The van der Waals surface area contributed by atoms with Gasteiger partial charge in [0.2, 0.25) is 10.0 Å². The number of benzene rings is 1. The Morgan fingerprint density at radius 1 is 1.52 bits per heavy atom. The van der Waals surface area contributed by atoms with Crippen LogP contribution in [0.2, 0.25) is 5.02 Å². The summed E-state index contributed by atoms with van der Waals surface area (Å²) >= 11 is 10.9. The van der Waals surface area contributed by atoms with Crippen LogP contribution in [0.3, 0.4) is 0 Å². The molecule has 0 aliphatic carbocycles. The first kappa shape index (κ1) is 16.6. The van der Waals surface area contributed by atoms with Crippen LogP contribution >= 0.6 is 23.8 Å². The molecular formula is C13H17ClN2O3S2. The van der Waals surface area contributed by atoms with Crippen LogP contribution in [-0.2, 0) is 14.8 Å². The van der Waals surface area contributed by atoms with E-state index in [1.165, 1.54) is 12.1 Å². The van der Waals surface area contributed by atoms with Gasteiger partial charge in [0.05, 0.1) is 11.1 Å². The van der Waals surface area contributed by atoms with Crippen molar-refractivity contribution in [2.75, 3.05) is 6.61 Å². The van der Waals surface area contributed by atoms with Crippen LogP contribution in [0.15, 0.2) is 23.1 Å². The van der Waals surface area contributed by atoms with Crippen LogP contribution in [0.4, 0.5) is 0 Å². The standard InChI is InChI=1S/C13H17ClN2O3S2/c1-8-6-10(4-5-19-8)16-21(17,18)12-3-2-9(13(15)20)7-11(12)14/h2-3,7-8,10,16H,4-6H2,1H3,(H2,15,20). The Bertz CT molecular complexity index is 649. The molecule has 0 spiro atoms. The lowest BCUT2D eigenvalue weighted by Gasteiger charge is -2.27. The van der Waals surface area contributed by atoms with Gasteiger partial charge in [-0.2, -0.15) is 0 Å². The largest absolute Gasteiger partial charge is 0.389 e. The van der Waals surface area contributed by atoms with Gasteiger partial charge in [-0.15, -0.1) is 0 Å². The van der Waals surface area contributed by atoms with Gasteiger partial charge < -0.3 is 10.5 Å². The Morgan fingerprint density at radius 2 is 2.24 bits per heavy atom. The van der Waals surface area contributed by atoms with Gasteiger partial charge in [0.1, 0.15) is 9.88 Å². The van der Waals surface area contributed by atoms with Gasteiger partial charge in [-0.25, -0.2) is 13.1 Å². The first-order chi connectivity index (χ1) is 9.79. The molecule has 0 bridgehead atoms. The highest BCUT2D eigenvalue weighted by molar-refractivity contribution is 7.89. The second-order valence-corrected chi connectivity index (χ2v) is 7.56. The minimum Gasteiger partial charge on any atom is -0.389 e. The monoisotopic (exact) mass is 348 g/mol. The van der Waals surface area contributed by atoms with E-state index >= 15 is 0 Å². The van der Waals surface area contributed by atoms with Gasteiger partial charge in [-0.05, 0) is 31.9 Å². The van der Waals surface area contributed by atoms with E-state index in [0.29, 0.717) is 25.0 Å². The van der Waals surface area contributed by atoms with E-state index < -0.39 is 10.0 Å². The molecule has 2 unspecified atom stereocenters. The second kappa shape index (κ2) is 6.58. The normalized spacial score (nSPS) is 23.0. The molecule has 1 fully saturated rings. The van der Waals surface area contributed by atoms with E-state index in [9.17, 15) is 8.42 Å². The van der Waals surface area contributed by atoms with Crippen LogP contribution in [0.1, 0.15) is 25.3 Å². The van der Waals surface area contributed by atoms with Crippen LogP contribution in [-0.4, -0.2) is 32.2 Å². The Hall–Kier alpha value is -0.730. The van der Waals surface area contributed by atoms with E-state index in [1.807, 2.05) is 6.92 Å². The summed E-state index contributed by atoms with van der Waals surface area (Å²) < 4.78 is 32.9. The zero-order valence-corrected chi connectivity index (χ0v) is 13.9. The molecule has 1 aliphatic heterocycles. The molecule has 1 aromatic rings. The van der Waals surface area contributed by atoms with Gasteiger partial charge >= 0.3 is 0 Å². The van der Waals surface area contributed by atoms with Crippen molar-refractivity contribution in [1.29, 1.82) is 0 Å². The third-order valence-electron chi connectivity index (χ3n) is 3.31. The number of hydrogen-bond acceptors (Lipinski definition) is 4. The van der Waals surface area contributed by atoms with Crippen molar-refractivity contribution in [3.63, 3.8) is 0 Å². The van der Waals surface area contributed by atoms with E-state index in [-0.39, 0.29) is 27.1 Å². The van der Waals surface area contributed by atoms with Gasteiger partial charge in [0, 0.05) is 18.2 Å². The van der Waals surface area contributed by atoms with Crippen molar-refractivity contribution in [2.45, 2.75) is 36.8 Å². The molecule has 1 heterocycles. The smallest absolute Gasteiger partial charge is 0.242 e. The predicted molar refractivity (Wildman–Crippen MR) is 86.1 cm³/mol. The third kappa shape index (κ3) is 4.14. The fourth-order valence-corrected chi connectivity index (χ4v) is 4.21. The molecule has 0 radical (unpaired) electrons. The summed E-state index contributed by atoms with van der Waals surface area (Å²) in [4.78, 5) is 0.204. The molecule has 0 aromatic heterocycles. The molecule has 1 aromatic carbocycles. The maximum Gasteiger partial charge on any atom is 0.242 e. The topological polar surface area (TPSA) is 81.4 Å². The zero-order valence-electron chi connectivity index (χ0n) is 11.5. The molecular weight excluding hydrogens is 332 g/mol. The molecule has 1 saturated heterocycles. The van der Waals surface area contributed by atoms with Crippen molar-refractivity contribution in [2.24, 2.45) is 5.73 Å². The summed E-state index contributed by atoms with van der Waals surface area (Å²) in [7, 11) is -3.68. The van der Waals surface area contributed by atoms with E-state index in [2.05, 4.69) is 4.72 Å². The summed E-state index contributed by atoms with van der Waals surface area (Å²) in [5, 5.41) is 0.105. The zero-order chi connectivity index (χ0) is 15.6. The molecule has 5 nitrogen and oxygen atoms in total. The highest BCUT2D eigenvalue weighted by Crippen LogP contribution is 2.24. The predicted octanol–water partition coefficient (Wildman–Crippen LogP) is 1.82. The Kier molecular flexibility index (Phi) is 5.21. The first-order valence-electron chi connectivity index (χ1n) is 6.53. The van der Waals surface area contributed by atoms with Crippen LogP contribution < -0.4 is 10.5 Å². The number of ether oxygens (including phenoxy) is 1. The Balaban J connectivity index is 2.21. The highest BCUT2D eigenvalue weighted by Gasteiger charge is 2.26. The SMILES string of the molecule is CC1CC(NS(=O)(=O)c2ccc(C(N)=S)cc2Cl)CCO1. The van der Waals surface area contributed by atoms with Gasteiger partial charge in [0.25, 0.3) is 0 Å². The minimum absolute atomic E-state index is 0.0308. The first-order valence-corrected chi connectivity index (χ1v) is 8.80. The van der Waals surface area contributed by atoms with Gasteiger partial charge in [-0.3, -0.25) is 0 Å². The summed E-state index contributed by atoms with van der Waals surface area (Å²) in [5.74, 6) is 0. The lowest BCUT2D eigenvalue weighted by Crippen LogP contribution is -2.41. The average Bonchev–Trinajstić information content (AvgIpc) is 2.37. The number of nitrogens with two attached hydrogens (primary N) is 1. The number of rotatable bonds is 4. The Morgan fingerprint density at radius 3 is 2.81 bits per heavy atom. The van der Waals surface area contributed by atoms with Crippen molar-refractivity contribution in [3.05, 3.63) is 28.8 Å². The summed E-state index contributed by atoms with van der Waals surface area (Å²) in [6, 6.07) is 4.28. The summed E-state index contributed by atoms with van der Waals surface area (Å²) in [6.45, 7) is 2.47. The second-order valence-electron chi connectivity index (χ2n) is 5.03. The fraction of sp³-hybridized carbons (Fsp3) is 0.462. The number of halogens is 1. The number of sulfonamides is 1. The van der Waals surface area contributed by atoms with E-state index in [4.69, 9.17) is 34.3 Å². The molecule has 2 rings (SSSR count). The molecule has 8 heteroatoms. The summed E-state index contributed by atoms with van der Waals surface area (Å²) in [6.07, 6.45) is 1.33. The van der Waals surface area contributed by atoms with Crippen LogP contribution in [0.5, 0.6) is 0 Å². The van der Waals surface area contributed by atoms with Crippen molar-refractivity contribution in [3.8, 4) is 0 Å². The van der Waals surface area contributed by atoms with E-state index in [1.54, 1.807) is 6.07 Å². The Labute approximate surface area is 134 Å². The molecule has 2 atom stereocenters. The minimum atomic E-state index is -3.68. The van der Waals surface area contributed by atoms with Gasteiger partial charge in [-0.1, -0.05) is 29.9 Å². The van der Waals surface area contributed by atoms with E-state index in [0.717, 1.165) is 0 Å². The molecule has 3 N–H and O–H groups in total. The fourth-order valence-electron chi connectivity index (χ4n) is 2.26. The van der Waals surface area contributed by atoms with Crippen molar-refractivity contribution >= 4 is 38.8 Å². The highest BCUT2D eigenvalue weighted by atomic mass is 35.5. The third-order valence-corrected chi connectivity index (χ3v) is 5.55. The maximum atomic E-state index is 12.4. The average molecular weight is 349 g/mol. The molecule has 21 heavy (non-hydrogen) atoms. The lowest BCUT2D eigenvalue weighted by molar-refractivity contribution is 0.0173.